The molecule has 21 heavy (non-hydrogen) atoms. The molecule has 0 amide bonds. The van der Waals surface area contributed by atoms with Crippen LogP contribution in [0.1, 0.15) is 34.6 Å². The van der Waals surface area contributed by atoms with E-state index in [1.54, 1.807) is 6.92 Å². The van der Waals surface area contributed by atoms with Crippen molar-refractivity contribution in [3.05, 3.63) is 46.6 Å². The molecular formula is C13H14N2O4S2. The Bertz CT molecular complexity index is 768. The van der Waals surface area contributed by atoms with E-state index in [1.807, 2.05) is 31.2 Å². The van der Waals surface area contributed by atoms with Gasteiger partial charge in [0.15, 0.2) is 9.90 Å². The number of rotatable bonds is 5. The molecule has 1 aromatic carbocycles. The first kappa shape index (κ1) is 15.6. The van der Waals surface area contributed by atoms with E-state index in [1.165, 1.54) is 5.51 Å². The zero-order chi connectivity index (χ0) is 15.6. The minimum atomic E-state index is -3.93. The van der Waals surface area contributed by atoms with Crippen LogP contribution in [0.15, 0.2) is 34.0 Å². The topological polar surface area (TPSA) is 96.4 Å². The summed E-state index contributed by atoms with van der Waals surface area (Å²) in [6, 6.07) is 6.93. The predicted molar refractivity (Wildman–Crippen MR) is 79.0 cm³/mol. The summed E-state index contributed by atoms with van der Waals surface area (Å²) >= 11 is 0.784. The van der Waals surface area contributed by atoms with Crippen LogP contribution in [0.3, 0.4) is 0 Å². The average Bonchev–Trinajstić information content (AvgIpc) is 2.88. The van der Waals surface area contributed by atoms with E-state index in [0.717, 1.165) is 22.5 Å². The largest absolute Gasteiger partial charge is 0.476 e. The van der Waals surface area contributed by atoms with Crippen LogP contribution >= 0.6 is 11.3 Å². The first-order valence-electron chi connectivity index (χ1n) is 6.07. The van der Waals surface area contributed by atoms with Crippen LogP contribution in [0.5, 0.6) is 0 Å². The van der Waals surface area contributed by atoms with Crippen molar-refractivity contribution in [2.45, 2.75) is 24.1 Å². The van der Waals surface area contributed by atoms with Gasteiger partial charge in [-0.2, -0.15) is 0 Å². The highest BCUT2D eigenvalue weighted by Gasteiger charge is 2.27. The molecule has 0 aliphatic rings. The molecule has 0 bridgehead atoms. The maximum Gasteiger partial charge on any atom is 0.356 e. The summed E-state index contributed by atoms with van der Waals surface area (Å²) in [5, 5.41) is 8.97. The number of nitrogens with zero attached hydrogens (tertiary/aromatic N) is 1. The molecule has 1 heterocycles. The number of aromatic nitrogens is 1. The normalized spacial score (nSPS) is 13.0. The third kappa shape index (κ3) is 3.29. The van der Waals surface area contributed by atoms with Crippen LogP contribution in [0, 0.1) is 6.92 Å². The Kier molecular flexibility index (Phi) is 4.40. The highest BCUT2D eigenvalue weighted by molar-refractivity contribution is 7.91. The maximum absolute atomic E-state index is 12.3. The van der Waals surface area contributed by atoms with Crippen molar-refractivity contribution in [3.63, 3.8) is 0 Å². The molecule has 0 spiro atoms. The average molecular weight is 326 g/mol. The molecule has 2 rings (SSSR count). The van der Waals surface area contributed by atoms with Gasteiger partial charge < -0.3 is 5.11 Å². The van der Waals surface area contributed by atoms with Crippen LogP contribution in [0.2, 0.25) is 0 Å². The zero-order valence-electron chi connectivity index (χ0n) is 11.4. The van der Waals surface area contributed by atoms with Gasteiger partial charge in [0.2, 0.25) is 0 Å². The highest BCUT2D eigenvalue weighted by Crippen LogP contribution is 2.24. The smallest absolute Gasteiger partial charge is 0.356 e. The second-order valence-electron chi connectivity index (χ2n) is 4.49. The van der Waals surface area contributed by atoms with Gasteiger partial charge in [-0.1, -0.05) is 24.3 Å². The van der Waals surface area contributed by atoms with Crippen LogP contribution in [0.25, 0.3) is 0 Å². The second-order valence-corrected chi connectivity index (χ2v) is 7.26. The monoisotopic (exact) mass is 326 g/mol. The van der Waals surface area contributed by atoms with E-state index in [-0.39, 0.29) is 4.21 Å². The van der Waals surface area contributed by atoms with E-state index >= 15 is 0 Å². The van der Waals surface area contributed by atoms with Gasteiger partial charge in [0.25, 0.3) is 10.0 Å². The van der Waals surface area contributed by atoms with Gasteiger partial charge in [0.1, 0.15) is 0 Å². The van der Waals surface area contributed by atoms with E-state index in [4.69, 9.17) is 5.11 Å². The maximum atomic E-state index is 12.3. The number of carbonyl (C=O) groups is 1. The first-order valence-corrected chi connectivity index (χ1v) is 8.44. The SMILES string of the molecule is Cc1ccccc1[C@@H](C)NS(=O)(=O)c1scnc1C(=O)O. The molecule has 0 aliphatic carbocycles. The van der Waals surface area contributed by atoms with Gasteiger partial charge in [0.05, 0.1) is 5.51 Å². The summed E-state index contributed by atoms with van der Waals surface area (Å²) in [6.07, 6.45) is 0. The van der Waals surface area contributed by atoms with Crippen LogP contribution < -0.4 is 4.72 Å². The number of nitrogens with one attached hydrogen (secondary N) is 1. The minimum absolute atomic E-state index is 0.282. The molecule has 0 saturated heterocycles. The van der Waals surface area contributed by atoms with E-state index < -0.39 is 27.7 Å². The fraction of sp³-hybridized carbons (Fsp3) is 0.231. The summed E-state index contributed by atoms with van der Waals surface area (Å²) < 4.78 is 26.8. The number of carboxylic acid groups (broad SMARTS) is 1. The lowest BCUT2D eigenvalue weighted by Gasteiger charge is -2.16. The number of sulfonamides is 1. The van der Waals surface area contributed by atoms with Crippen molar-refractivity contribution in [1.82, 2.24) is 9.71 Å². The molecule has 0 unspecified atom stereocenters. The molecule has 1 aromatic heterocycles. The quantitative estimate of drug-likeness (QED) is 0.878. The summed E-state index contributed by atoms with van der Waals surface area (Å²) in [7, 11) is -3.93. The Hall–Kier alpha value is -1.77. The highest BCUT2D eigenvalue weighted by atomic mass is 32.2. The Labute approximate surface area is 126 Å². The van der Waals surface area contributed by atoms with Crippen LogP contribution in [0.4, 0.5) is 0 Å². The number of thiazole rings is 1. The van der Waals surface area contributed by atoms with Crippen LogP contribution in [-0.2, 0) is 10.0 Å². The van der Waals surface area contributed by atoms with Gasteiger partial charge in [0, 0.05) is 6.04 Å². The molecule has 0 saturated carbocycles. The third-order valence-electron chi connectivity index (χ3n) is 2.97. The Balaban J connectivity index is 2.32. The number of aryl methyl sites for hydroxylation is 1. The van der Waals surface area contributed by atoms with Gasteiger partial charge in [-0.15, -0.1) is 11.3 Å². The molecule has 2 N–H and O–H groups in total. The lowest BCUT2D eigenvalue weighted by atomic mass is 10.0. The van der Waals surface area contributed by atoms with Gasteiger partial charge >= 0.3 is 5.97 Å². The standard InChI is InChI=1S/C13H14N2O4S2/c1-8-5-3-4-6-10(8)9(2)15-21(18,19)13-11(12(16)17)14-7-20-13/h3-7,9,15H,1-2H3,(H,16,17)/t9-/m1/s1. The lowest BCUT2D eigenvalue weighted by molar-refractivity contribution is 0.0687. The number of hydrogen-bond acceptors (Lipinski definition) is 5. The minimum Gasteiger partial charge on any atom is -0.476 e. The summed E-state index contributed by atoms with van der Waals surface area (Å²) in [4.78, 5) is 14.6. The van der Waals surface area contributed by atoms with Crippen molar-refractivity contribution < 1.29 is 18.3 Å². The predicted octanol–water partition coefficient (Wildman–Crippen LogP) is 2.19. The molecule has 0 aliphatic heterocycles. The molecular weight excluding hydrogens is 312 g/mol. The molecule has 6 nitrogen and oxygen atoms in total. The molecule has 0 fully saturated rings. The van der Waals surface area contributed by atoms with Crippen molar-refractivity contribution in [2.75, 3.05) is 0 Å². The van der Waals surface area contributed by atoms with Gasteiger partial charge in [-0.25, -0.2) is 22.9 Å². The number of benzene rings is 1. The molecule has 8 heteroatoms. The van der Waals surface area contributed by atoms with Gasteiger partial charge in [-0.3, -0.25) is 0 Å². The van der Waals surface area contributed by atoms with Crippen molar-refractivity contribution in [2.24, 2.45) is 0 Å². The van der Waals surface area contributed by atoms with Gasteiger partial charge in [-0.05, 0) is 25.0 Å². The fourth-order valence-corrected chi connectivity index (χ4v) is 4.37. The first-order chi connectivity index (χ1) is 9.83. The number of hydrogen-bond donors (Lipinski definition) is 2. The molecule has 1 atom stereocenters. The second kappa shape index (κ2) is 5.92. The van der Waals surface area contributed by atoms with Crippen LogP contribution in [-0.4, -0.2) is 24.5 Å². The Morgan fingerprint density at radius 3 is 2.67 bits per heavy atom. The van der Waals surface area contributed by atoms with E-state index in [2.05, 4.69) is 9.71 Å². The number of aromatic carboxylic acids is 1. The van der Waals surface area contributed by atoms with Crippen molar-refractivity contribution in [3.8, 4) is 0 Å². The molecule has 0 radical (unpaired) electrons. The summed E-state index contributed by atoms with van der Waals surface area (Å²) in [5.41, 5.74) is 2.54. The summed E-state index contributed by atoms with van der Waals surface area (Å²) in [6.45, 7) is 3.59. The van der Waals surface area contributed by atoms with E-state index in [0.29, 0.717) is 0 Å². The van der Waals surface area contributed by atoms with Crippen molar-refractivity contribution in [1.29, 1.82) is 0 Å². The van der Waals surface area contributed by atoms with E-state index in [9.17, 15) is 13.2 Å². The Morgan fingerprint density at radius 2 is 2.05 bits per heavy atom. The Morgan fingerprint density at radius 1 is 1.38 bits per heavy atom. The molecule has 112 valence electrons. The lowest BCUT2D eigenvalue weighted by Crippen LogP contribution is -2.28. The van der Waals surface area contributed by atoms with Crippen molar-refractivity contribution >= 4 is 27.3 Å². The zero-order valence-corrected chi connectivity index (χ0v) is 13.0. The molecule has 2 aromatic rings. The third-order valence-corrected chi connectivity index (χ3v) is 5.88. The summed E-state index contributed by atoms with van der Waals surface area (Å²) in [5.74, 6) is -1.36. The fourth-order valence-electron chi connectivity index (χ4n) is 1.99. The number of carboxylic acids is 1.